The summed E-state index contributed by atoms with van der Waals surface area (Å²) in [5, 5.41) is 0.413. The molecule has 0 spiro atoms. The van der Waals surface area contributed by atoms with Crippen molar-refractivity contribution in [3.8, 4) is 5.88 Å². The van der Waals surface area contributed by atoms with E-state index in [9.17, 15) is 4.79 Å². The molecule has 2 aliphatic rings. The summed E-state index contributed by atoms with van der Waals surface area (Å²) in [6, 6.07) is 8.78. The van der Waals surface area contributed by atoms with Gasteiger partial charge in [-0.3, -0.25) is 4.79 Å². The normalized spacial score (nSPS) is 22.2. The van der Waals surface area contributed by atoms with E-state index in [1.807, 2.05) is 26.8 Å². The van der Waals surface area contributed by atoms with Crippen molar-refractivity contribution in [2.24, 2.45) is 5.92 Å². The number of carbonyl (C=O) groups is 1. The fourth-order valence-corrected chi connectivity index (χ4v) is 4.98. The van der Waals surface area contributed by atoms with Gasteiger partial charge in [0.1, 0.15) is 16.6 Å². The number of hydrogen-bond donors (Lipinski definition) is 0. The minimum absolute atomic E-state index is 0.0966. The number of halogens is 1. The zero-order chi connectivity index (χ0) is 22.2. The molecule has 1 aromatic heterocycles. The van der Waals surface area contributed by atoms with E-state index in [0.717, 1.165) is 42.4 Å². The molecular formula is C25H29ClN2O3. The second kappa shape index (κ2) is 8.62. The predicted octanol–water partition coefficient (Wildman–Crippen LogP) is 5.99. The van der Waals surface area contributed by atoms with Crippen molar-refractivity contribution < 1.29 is 14.3 Å². The summed E-state index contributed by atoms with van der Waals surface area (Å²) in [5.41, 5.74) is 3.73. The van der Waals surface area contributed by atoms with Crippen LogP contribution in [0.25, 0.3) is 11.6 Å². The molecule has 0 radical (unpaired) electrons. The molecule has 1 fully saturated rings. The fraction of sp³-hybridized carbons (Fsp3) is 0.480. The number of esters is 1. The first-order chi connectivity index (χ1) is 14.8. The van der Waals surface area contributed by atoms with Crippen LogP contribution in [-0.2, 0) is 9.53 Å². The number of rotatable bonds is 4. The molecule has 31 heavy (non-hydrogen) atoms. The number of fused-ring (bicyclic) bond motifs is 1. The van der Waals surface area contributed by atoms with Gasteiger partial charge in [-0.2, -0.15) is 4.98 Å². The largest absolute Gasteiger partial charge is 0.469 e. The summed E-state index contributed by atoms with van der Waals surface area (Å²) in [4.78, 5) is 20.2. The van der Waals surface area contributed by atoms with Crippen molar-refractivity contribution in [3.63, 3.8) is 0 Å². The minimum atomic E-state index is -0.523. The Morgan fingerprint density at radius 3 is 2.48 bits per heavy atom. The molecule has 164 valence electrons. The van der Waals surface area contributed by atoms with E-state index in [0.29, 0.717) is 35.1 Å². The molecule has 5 nitrogen and oxygen atoms in total. The Morgan fingerprint density at radius 2 is 1.84 bits per heavy atom. The third-order valence-corrected chi connectivity index (χ3v) is 6.78. The SMILES string of the molecule is COC(=O)C[C@H]1CC[C@H](c2ccc(C3=Cc4c(Cl)nc(C)nc4OC3(C)C)cc2)CC1. The molecule has 0 N–H and O–H groups in total. The number of ether oxygens (including phenoxy) is 2. The molecule has 0 amide bonds. The van der Waals surface area contributed by atoms with Crippen LogP contribution < -0.4 is 4.74 Å². The van der Waals surface area contributed by atoms with Crippen LogP contribution in [0.2, 0.25) is 5.15 Å². The van der Waals surface area contributed by atoms with E-state index < -0.39 is 5.60 Å². The molecule has 1 aliphatic heterocycles. The van der Waals surface area contributed by atoms with E-state index in [1.54, 1.807) is 0 Å². The molecule has 2 heterocycles. The summed E-state index contributed by atoms with van der Waals surface area (Å²) in [7, 11) is 1.46. The molecular weight excluding hydrogens is 412 g/mol. The van der Waals surface area contributed by atoms with Gasteiger partial charge in [0.25, 0.3) is 0 Å². The number of benzene rings is 1. The molecule has 0 saturated heterocycles. The Bertz CT molecular complexity index is 1010. The van der Waals surface area contributed by atoms with Crippen LogP contribution in [0.15, 0.2) is 24.3 Å². The summed E-state index contributed by atoms with van der Waals surface area (Å²) in [6.45, 7) is 5.90. The van der Waals surface area contributed by atoms with Gasteiger partial charge in [0.05, 0.1) is 12.7 Å². The molecule has 0 unspecified atom stereocenters. The van der Waals surface area contributed by atoms with E-state index >= 15 is 0 Å². The second-order valence-electron chi connectivity index (χ2n) is 9.07. The topological polar surface area (TPSA) is 61.3 Å². The molecule has 6 heteroatoms. The van der Waals surface area contributed by atoms with Crippen molar-refractivity contribution in [2.45, 2.75) is 64.4 Å². The van der Waals surface area contributed by atoms with Crippen molar-refractivity contribution in [2.75, 3.05) is 7.11 Å². The van der Waals surface area contributed by atoms with Crippen LogP contribution in [0.1, 0.15) is 74.4 Å². The standard InChI is InChI=1S/C25H29ClN2O3/c1-15-27-23(26)20-14-21(25(2,3)31-24(20)28-15)19-11-9-18(10-12-19)17-7-5-16(6-8-17)13-22(29)30-4/h9-12,14,16-17H,5-8,13H2,1-4H3/t16-,17-. The predicted molar refractivity (Wildman–Crippen MR) is 122 cm³/mol. The van der Waals surface area contributed by atoms with Gasteiger partial charge in [-0.25, -0.2) is 4.98 Å². The number of methoxy groups -OCH3 is 1. The van der Waals surface area contributed by atoms with Crippen LogP contribution in [0, 0.1) is 12.8 Å². The van der Waals surface area contributed by atoms with Crippen LogP contribution in [0.3, 0.4) is 0 Å². The molecule has 0 atom stereocenters. The van der Waals surface area contributed by atoms with E-state index in [1.165, 1.54) is 12.7 Å². The van der Waals surface area contributed by atoms with E-state index in [-0.39, 0.29) is 5.97 Å². The van der Waals surface area contributed by atoms with Gasteiger partial charge in [0, 0.05) is 12.0 Å². The van der Waals surface area contributed by atoms with Crippen molar-refractivity contribution >= 4 is 29.2 Å². The Morgan fingerprint density at radius 1 is 1.16 bits per heavy atom. The lowest BCUT2D eigenvalue weighted by molar-refractivity contribution is -0.142. The fourth-order valence-electron chi connectivity index (χ4n) is 4.72. The highest BCUT2D eigenvalue weighted by molar-refractivity contribution is 6.31. The number of aryl methyl sites for hydroxylation is 1. The average molecular weight is 441 g/mol. The molecule has 1 aromatic carbocycles. The lowest BCUT2D eigenvalue weighted by Gasteiger charge is -2.34. The number of nitrogens with zero attached hydrogens (tertiary/aromatic N) is 2. The molecule has 4 rings (SSSR count). The maximum absolute atomic E-state index is 11.5. The zero-order valence-electron chi connectivity index (χ0n) is 18.6. The second-order valence-corrected chi connectivity index (χ2v) is 9.43. The van der Waals surface area contributed by atoms with Gasteiger partial charge in [-0.15, -0.1) is 0 Å². The monoisotopic (exact) mass is 440 g/mol. The first-order valence-corrected chi connectivity index (χ1v) is 11.3. The lowest BCUT2D eigenvalue weighted by Crippen LogP contribution is -2.33. The maximum Gasteiger partial charge on any atom is 0.305 e. The lowest BCUT2D eigenvalue weighted by atomic mass is 9.77. The van der Waals surface area contributed by atoms with Gasteiger partial charge in [-0.05, 0) is 75.5 Å². The highest BCUT2D eigenvalue weighted by atomic mass is 35.5. The first kappa shape index (κ1) is 21.8. The van der Waals surface area contributed by atoms with Gasteiger partial charge < -0.3 is 9.47 Å². The summed E-state index contributed by atoms with van der Waals surface area (Å²) in [6.07, 6.45) is 6.95. The molecule has 1 saturated carbocycles. The van der Waals surface area contributed by atoms with Crippen molar-refractivity contribution in [1.82, 2.24) is 9.97 Å². The Hall–Kier alpha value is -2.40. The zero-order valence-corrected chi connectivity index (χ0v) is 19.3. The molecule has 1 aliphatic carbocycles. The van der Waals surface area contributed by atoms with Gasteiger partial charge in [0.2, 0.25) is 5.88 Å². The average Bonchev–Trinajstić information content (AvgIpc) is 2.73. The minimum Gasteiger partial charge on any atom is -0.469 e. The van der Waals surface area contributed by atoms with Crippen LogP contribution >= 0.6 is 11.6 Å². The third kappa shape index (κ3) is 4.62. The van der Waals surface area contributed by atoms with Crippen LogP contribution in [0.5, 0.6) is 5.88 Å². The molecule has 2 aromatic rings. The number of carbonyl (C=O) groups excluding carboxylic acids is 1. The van der Waals surface area contributed by atoms with Crippen molar-refractivity contribution in [1.29, 1.82) is 0 Å². The number of aromatic nitrogens is 2. The first-order valence-electron chi connectivity index (χ1n) is 10.9. The smallest absolute Gasteiger partial charge is 0.305 e. The van der Waals surface area contributed by atoms with Crippen LogP contribution in [0.4, 0.5) is 0 Å². The highest BCUT2D eigenvalue weighted by Gasteiger charge is 2.34. The highest BCUT2D eigenvalue weighted by Crippen LogP contribution is 2.42. The van der Waals surface area contributed by atoms with Gasteiger partial charge in [0.15, 0.2) is 0 Å². The van der Waals surface area contributed by atoms with Crippen molar-refractivity contribution in [3.05, 3.63) is 51.9 Å². The number of hydrogen-bond acceptors (Lipinski definition) is 5. The third-order valence-electron chi connectivity index (χ3n) is 6.49. The van der Waals surface area contributed by atoms with Crippen LogP contribution in [-0.4, -0.2) is 28.6 Å². The molecule has 0 bridgehead atoms. The Balaban J connectivity index is 1.52. The quantitative estimate of drug-likeness (QED) is 0.431. The Kier molecular flexibility index (Phi) is 6.07. The van der Waals surface area contributed by atoms with Gasteiger partial charge in [-0.1, -0.05) is 35.9 Å². The van der Waals surface area contributed by atoms with E-state index in [4.69, 9.17) is 21.1 Å². The maximum atomic E-state index is 11.5. The summed E-state index contributed by atoms with van der Waals surface area (Å²) >= 11 is 6.37. The van der Waals surface area contributed by atoms with Gasteiger partial charge >= 0.3 is 5.97 Å². The Labute approximate surface area is 188 Å². The van der Waals surface area contributed by atoms with E-state index in [2.05, 4.69) is 34.2 Å². The summed E-state index contributed by atoms with van der Waals surface area (Å²) in [5.74, 6) is 2.03. The summed E-state index contributed by atoms with van der Waals surface area (Å²) < 4.78 is 11.0.